The summed E-state index contributed by atoms with van der Waals surface area (Å²) in [6, 6.07) is 13.8. The van der Waals surface area contributed by atoms with Gasteiger partial charge in [0.15, 0.2) is 5.11 Å². The number of aromatic nitrogens is 2. The number of anilines is 2. The second-order valence-corrected chi connectivity index (χ2v) is 7.79. The summed E-state index contributed by atoms with van der Waals surface area (Å²) in [4.78, 5) is 11.2. The highest BCUT2D eigenvalue weighted by Crippen LogP contribution is 2.27. The average Bonchev–Trinajstić information content (AvgIpc) is 2.74. The van der Waals surface area contributed by atoms with Crippen LogP contribution >= 0.6 is 23.8 Å². The Morgan fingerprint density at radius 1 is 1.14 bits per heavy atom. The van der Waals surface area contributed by atoms with Gasteiger partial charge in [-0.25, -0.2) is 9.97 Å². The maximum Gasteiger partial charge on any atom is 0.170 e. The molecule has 2 N–H and O–H groups in total. The van der Waals surface area contributed by atoms with E-state index in [2.05, 4.69) is 25.5 Å². The molecule has 1 aliphatic heterocycles. The molecule has 0 aliphatic carbocycles. The summed E-state index contributed by atoms with van der Waals surface area (Å²) >= 11 is 11.6. The zero-order valence-electron chi connectivity index (χ0n) is 16.1. The van der Waals surface area contributed by atoms with Crippen molar-refractivity contribution >= 4 is 51.3 Å². The first-order valence-electron chi connectivity index (χ1n) is 9.49. The van der Waals surface area contributed by atoms with Crippen LogP contribution in [0.2, 0.25) is 5.02 Å². The number of fused-ring (bicyclic) bond motifs is 1. The van der Waals surface area contributed by atoms with E-state index in [4.69, 9.17) is 28.6 Å². The van der Waals surface area contributed by atoms with E-state index in [0.29, 0.717) is 16.2 Å². The summed E-state index contributed by atoms with van der Waals surface area (Å²) in [7, 11) is 1.65. The maximum absolute atomic E-state index is 6.09. The van der Waals surface area contributed by atoms with E-state index >= 15 is 0 Å². The molecule has 0 unspecified atom stereocenters. The summed E-state index contributed by atoms with van der Waals surface area (Å²) in [5.74, 6) is 1.78. The number of halogens is 1. The average molecular weight is 428 g/mol. The Balaban J connectivity index is 1.34. The van der Waals surface area contributed by atoms with Crippen LogP contribution in [0.4, 0.5) is 11.5 Å². The first kappa shape index (κ1) is 19.7. The number of thiocarbonyl (C=S) groups is 1. The molecule has 29 heavy (non-hydrogen) atoms. The van der Waals surface area contributed by atoms with Gasteiger partial charge in [0.05, 0.1) is 12.6 Å². The van der Waals surface area contributed by atoms with Crippen LogP contribution in [0.1, 0.15) is 12.8 Å². The van der Waals surface area contributed by atoms with E-state index in [1.165, 1.54) is 0 Å². The summed E-state index contributed by atoms with van der Waals surface area (Å²) in [5.41, 5.74) is 1.81. The fourth-order valence-corrected chi connectivity index (χ4v) is 3.98. The van der Waals surface area contributed by atoms with Gasteiger partial charge in [-0.15, -0.1) is 0 Å². The molecule has 6 nitrogen and oxygen atoms in total. The third kappa shape index (κ3) is 4.68. The van der Waals surface area contributed by atoms with Gasteiger partial charge in [0.2, 0.25) is 0 Å². The lowest BCUT2D eigenvalue weighted by molar-refractivity contribution is 0.415. The molecule has 0 amide bonds. The zero-order chi connectivity index (χ0) is 20.2. The summed E-state index contributed by atoms with van der Waals surface area (Å²) < 4.78 is 5.18. The number of nitrogens with zero attached hydrogens (tertiary/aromatic N) is 3. The lowest BCUT2D eigenvalue weighted by Crippen LogP contribution is -2.46. The van der Waals surface area contributed by atoms with Crippen molar-refractivity contribution in [2.24, 2.45) is 0 Å². The van der Waals surface area contributed by atoms with Crippen molar-refractivity contribution in [3.63, 3.8) is 0 Å². The Bertz CT molecular complexity index is 1010. The first-order chi connectivity index (χ1) is 14.1. The molecule has 1 saturated heterocycles. The molecule has 8 heteroatoms. The van der Waals surface area contributed by atoms with Crippen molar-refractivity contribution in [3.05, 3.63) is 53.8 Å². The third-order valence-corrected chi connectivity index (χ3v) is 5.51. The van der Waals surface area contributed by atoms with Gasteiger partial charge in [-0.2, -0.15) is 0 Å². The minimum absolute atomic E-state index is 0.326. The van der Waals surface area contributed by atoms with Gasteiger partial charge in [-0.3, -0.25) is 0 Å². The number of hydrogen-bond donors (Lipinski definition) is 2. The van der Waals surface area contributed by atoms with Gasteiger partial charge in [-0.05, 0) is 67.5 Å². The minimum atomic E-state index is 0.326. The maximum atomic E-state index is 6.09. The standard InChI is InChI=1S/C21H22ClN5OS/c1-28-17-5-3-15(4-6-17)25-21(29)26-16-8-10-27(11-9-16)20-18-7-2-14(22)12-19(18)23-13-24-20/h2-7,12-13,16H,8-11H2,1H3,(H2,25,26,29). The Morgan fingerprint density at radius 2 is 1.90 bits per heavy atom. The highest BCUT2D eigenvalue weighted by atomic mass is 35.5. The van der Waals surface area contributed by atoms with E-state index in [0.717, 1.165) is 54.1 Å². The molecular formula is C21H22ClN5OS. The topological polar surface area (TPSA) is 62.3 Å². The van der Waals surface area contributed by atoms with Crippen LogP contribution in [0, 0.1) is 0 Å². The Hall–Kier alpha value is -2.64. The van der Waals surface area contributed by atoms with E-state index in [9.17, 15) is 0 Å². The zero-order valence-corrected chi connectivity index (χ0v) is 17.6. The van der Waals surface area contributed by atoms with E-state index in [-0.39, 0.29) is 0 Å². The van der Waals surface area contributed by atoms with Crippen LogP contribution in [0.15, 0.2) is 48.8 Å². The molecule has 4 rings (SSSR count). The van der Waals surface area contributed by atoms with E-state index in [1.54, 1.807) is 13.4 Å². The van der Waals surface area contributed by atoms with Crippen molar-refractivity contribution in [2.45, 2.75) is 18.9 Å². The Kier molecular flexibility index (Phi) is 5.97. The van der Waals surface area contributed by atoms with Gasteiger partial charge in [0.25, 0.3) is 0 Å². The predicted molar refractivity (Wildman–Crippen MR) is 122 cm³/mol. The summed E-state index contributed by atoms with van der Waals surface area (Å²) in [6.45, 7) is 1.80. The molecule has 150 valence electrons. The first-order valence-corrected chi connectivity index (χ1v) is 10.3. The van der Waals surface area contributed by atoms with Gasteiger partial charge in [0.1, 0.15) is 17.9 Å². The van der Waals surface area contributed by atoms with Crippen LogP contribution in [0.25, 0.3) is 10.9 Å². The molecule has 1 fully saturated rings. The highest BCUT2D eigenvalue weighted by molar-refractivity contribution is 7.80. The largest absolute Gasteiger partial charge is 0.497 e. The van der Waals surface area contributed by atoms with Gasteiger partial charge in [0, 0.05) is 35.2 Å². The smallest absolute Gasteiger partial charge is 0.170 e. The molecule has 1 aromatic heterocycles. The third-order valence-electron chi connectivity index (χ3n) is 5.06. The van der Waals surface area contributed by atoms with E-state index < -0.39 is 0 Å². The highest BCUT2D eigenvalue weighted by Gasteiger charge is 2.22. The lowest BCUT2D eigenvalue weighted by Gasteiger charge is -2.34. The van der Waals surface area contributed by atoms with Crippen LogP contribution in [0.3, 0.4) is 0 Å². The SMILES string of the molecule is COc1ccc(NC(=S)NC2CCN(c3ncnc4cc(Cl)ccc34)CC2)cc1. The van der Waals surface area contributed by atoms with Gasteiger partial charge in [-0.1, -0.05) is 11.6 Å². The summed E-state index contributed by atoms with van der Waals surface area (Å²) in [5, 5.41) is 9.00. The van der Waals surface area contributed by atoms with Crippen molar-refractivity contribution < 1.29 is 4.74 Å². The quantitative estimate of drug-likeness (QED) is 0.603. The van der Waals surface area contributed by atoms with Gasteiger partial charge < -0.3 is 20.3 Å². The van der Waals surface area contributed by atoms with E-state index in [1.807, 2.05) is 42.5 Å². The van der Waals surface area contributed by atoms with Crippen molar-refractivity contribution in [1.82, 2.24) is 15.3 Å². The minimum Gasteiger partial charge on any atom is -0.497 e. The number of piperidine rings is 1. The monoisotopic (exact) mass is 427 g/mol. The molecule has 2 heterocycles. The number of nitrogens with one attached hydrogen (secondary N) is 2. The van der Waals surface area contributed by atoms with Crippen LogP contribution in [0.5, 0.6) is 5.75 Å². The van der Waals surface area contributed by atoms with Crippen molar-refractivity contribution in [2.75, 3.05) is 30.4 Å². The molecule has 0 bridgehead atoms. The van der Waals surface area contributed by atoms with Crippen molar-refractivity contribution in [3.8, 4) is 5.75 Å². The molecule has 0 saturated carbocycles. The number of methoxy groups -OCH3 is 1. The Morgan fingerprint density at radius 3 is 2.62 bits per heavy atom. The number of ether oxygens (including phenoxy) is 1. The molecular weight excluding hydrogens is 406 g/mol. The number of rotatable bonds is 4. The van der Waals surface area contributed by atoms with Crippen LogP contribution < -0.4 is 20.3 Å². The molecule has 0 spiro atoms. The van der Waals surface area contributed by atoms with Crippen molar-refractivity contribution in [1.29, 1.82) is 0 Å². The summed E-state index contributed by atoms with van der Waals surface area (Å²) in [6.07, 6.45) is 3.55. The second kappa shape index (κ2) is 8.80. The molecule has 3 aromatic rings. The molecule has 1 aliphatic rings. The number of benzene rings is 2. The fourth-order valence-electron chi connectivity index (χ4n) is 3.53. The second-order valence-electron chi connectivity index (χ2n) is 6.95. The lowest BCUT2D eigenvalue weighted by atomic mass is 10.0. The van der Waals surface area contributed by atoms with Gasteiger partial charge >= 0.3 is 0 Å². The number of hydrogen-bond acceptors (Lipinski definition) is 5. The Labute approximate surface area is 180 Å². The molecule has 2 aromatic carbocycles. The normalized spacial score (nSPS) is 14.6. The molecule has 0 atom stereocenters. The predicted octanol–water partition coefficient (Wildman–Crippen LogP) is 4.25. The fraction of sp³-hybridized carbons (Fsp3) is 0.286. The molecule has 0 radical (unpaired) electrons. The van der Waals surface area contributed by atoms with Crippen LogP contribution in [-0.4, -0.2) is 41.3 Å². The van der Waals surface area contributed by atoms with Crippen LogP contribution in [-0.2, 0) is 0 Å².